The minimum absolute atomic E-state index is 0.0848. The van der Waals surface area contributed by atoms with Crippen LogP contribution in [0.4, 0.5) is 0 Å². The van der Waals surface area contributed by atoms with Crippen LogP contribution in [0, 0.1) is 0 Å². The van der Waals surface area contributed by atoms with Crippen LogP contribution >= 0.6 is 0 Å². The molecule has 14 heteroatoms. The van der Waals surface area contributed by atoms with Crippen LogP contribution in [0.5, 0.6) is 0 Å². The molecule has 0 aromatic rings. The van der Waals surface area contributed by atoms with Crippen molar-refractivity contribution in [1.29, 1.82) is 0 Å². The Labute approximate surface area is 185 Å². The van der Waals surface area contributed by atoms with Crippen molar-refractivity contribution in [2.24, 2.45) is 11.5 Å². The minimum atomic E-state index is -1.42. The second kappa shape index (κ2) is 13.0. The number of Topliss-reactive ketones (excluding diaryl/α,β-unsaturated/α-hetero) is 1. The Kier molecular flexibility index (Phi) is 11.5. The second-order valence-corrected chi connectivity index (χ2v) is 9.41. The number of amides is 2. The van der Waals surface area contributed by atoms with Gasteiger partial charge in [-0.1, -0.05) is 0 Å². The molecular formula is C17H30N4O9Se. The van der Waals surface area contributed by atoms with E-state index < -0.39 is 86.6 Å². The van der Waals surface area contributed by atoms with Gasteiger partial charge in [0.25, 0.3) is 0 Å². The molecule has 2 amide bonds. The van der Waals surface area contributed by atoms with E-state index in [1.54, 1.807) is 0 Å². The summed E-state index contributed by atoms with van der Waals surface area (Å²) in [5.41, 5.74) is 10.8. The second-order valence-electron chi connectivity index (χ2n) is 7.04. The van der Waals surface area contributed by atoms with Crippen molar-refractivity contribution in [1.82, 2.24) is 10.6 Å². The molecule has 0 bridgehead atoms. The zero-order chi connectivity index (χ0) is 23.7. The van der Waals surface area contributed by atoms with Gasteiger partial charge in [0, 0.05) is 0 Å². The maximum absolute atomic E-state index is 12.2. The van der Waals surface area contributed by atoms with Gasteiger partial charge in [-0.15, -0.1) is 0 Å². The molecule has 1 aliphatic heterocycles. The Morgan fingerprint density at radius 2 is 1.84 bits per heavy atom. The number of nitrogens with two attached hydrogens (primary N) is 2. The summed E-state index contributed by atoms with van der Waals surface area (Å²) in [7, 11) is 0. The van der Waals surface area contributed by atoms with E-state index in [4.69, 9.17) is 21.3 Å². The van der Waals surface area contributed by atoms with E-state index in [0.717, 1.165) is 0 Å². The van der Waals surface area contributed by atoms with Gasteiger partial charge in [-0.2, -0.15) is 0 Å². The first kappa shape index (κ1) is 27.4. The topological polar surface area (TPSA) is 235 Å². The van der Waals surface area contributed by atoms with Gasteiger partial charge in [-0.25, -0.2) is 0 Å². The fourth-order valence-corrected chi connectivity index (χ4v) is 5.58. The van der Waals surface area contributed by atoms with E-state index in [-0.39, 0.29) is 24.7 Å². The molecule has 10 N–H and O–H groups in total. The van der Waals surface area contributed by atoms with Crippen molar-refractivity contribution in [2.45, 2.75) is 66.5 Å². The molecular weight excluding hydrogens is 483 g/mol. The molecule has 178 valence electrons. The predicted octanol–water partition coefficient (Wildman–Crippen LogP) is -4.74. The molecule has 0 aliphatic carbocycles. The number of rotatable bonds is 12. The van der Waals surface area contributed by atoms with Crippen LogP contribution in [-0.2, 0) is 23.9 Å². The van der Waals surface area contributed by atoms with Crippen molar-refractivity contribution >= 4 is 38.5 Å². The van der Waals surface area contributed by atoms with Crippen LogP contribution in [0.2, 0.25) is 5.32 Å². The van der Waals surface area contributed by atoms with Crippen molar-refractivity contribution in [3.8, 4) is 0 Å². The van der Waals surface area contributed by atoms with Gasteiger partial charge in [0.2, 0.25) is 0 Å². The Hall–Kier alpha value is -1.64. The summed E-state index contributed by atoms with van der Waals surface area (Å²) in [5, 5.41) is 42.8. The first-order valence-corrected chi connectivity index (χ1v) is 11.7. The zero-order valence-corrected chi connectivity index (χ0v) is 18.7. The zero-order valence-electron chi connectivity index (χ0n) is 17.0. The normalized spacial score (nSPS) is 27.7. The molecule has 0 saturated carbocycles. The van der Waals surface area contributed by atoms with Crippen molar-refractivity contribution in [3.63, 3.8) is 0 Å². The summed E-state index contributed by atoms with van der Waals surface area (Å²) < 4.78 is 5.62. The fourth-order valence-electron chi connectivity index (χ4n) is 2.84. The van der Waals surface area contributed by atoms with E-state index in [0.29, 0.717) is 0 Å². The van der Waals surface area contributed by atoms with Crippen LogP contribution in [0.25, 0.3) is 0 Å². The number of ketones is 1. The van der Waals surface area contributed by atoms with E-state index in [9.17, 15) is 34.5 Å². The summed E-state index contributed by atoms with van der Waals surface area (Å²) in [4.78, 5) is 46.5. The number of carboxylic acids is 1. The molecule has 1 aliphatic rings. The number of nitrogens with one attached hydrogen (secondary N) is 2. The van der Waals surface area contributed by atoms with Gasteiger partial charge in [-0.3, -0.25) is 0 Å². The molecule has 1 heterocycles. The standard InChI is InChI=1S/C17H30N4O9Se/c1-7(23)20-13-15(27)14(26)11(5-22)30-17(13)31-6-9(10(24)4-18)21-12(25)3-2-8(19)16(28)29/h8-9,11,13-15,17,22,26-27H,2-6,18-19H2,1H3,(H,20,23)(H,21,25)(H,28,29)/t8?,9?,11-,13-,14+,15-,17-/m1/s1. The number of aliphatic hydroxyl groups is 3. The predicted molar refractivity (Wildman–Crippen MR) is 107 cm³/mol. The molecule has 0 spiro atoms. The number of aliphatic hydroxyl groups excluding tert-OH is 3. The molecule has 13 nitrogen and oxygen atoms in total. The first-order chi connectivity index (χ1) is 14.5. The van der Waals surface area contributed by atoms with Gasteiger partial charge in [-0.05, 0) is 0 Å². The molecule has 31 heavy (non-hydrogen) atoms. The van der Waals surface area contributed by atoms with Crippen LogP contribution in [-0.4, -0.2) is 114 Å². The Bertz CT molecular complexity index is 653. The molecule has 1 fully saturated rings. The SMILES string of the molecule is CC(=O)N[C@@H]1[C@@H](O)[C@@H](O)[C@@H](CO)O[C@@H]1[Se]CC(NC(=O)CCC(N)C(=O)O)C(=O)CN. The quantitative estimate of drug-likeness (QED) is 0.115. The first-order valence-electron chi connectivity index (χ1n) is 9.53. The van der Waals surface area contributed by atoms with E-state index >= 15 is 0 Å². The fraction of sp³-hybridized carbons (Fsp3) is 0.765. The summed E-state index contributed by atoms with van der Waals surface area (Å²) >= 11 is -0.609. The number of hydrogen-bond donors (Lipinski definition) is 8. The van der Waals surface area contributed by atoms with E-state index in [2.05, 4.69) is 10.6 Å². The summed E-state index contributed by atoms with van der Waals surface area (Å²) in [6.07, 6.45) is -4.23. The third-order valence-electron chi connectivity index (χ3n) is 4.60. The molecule has 0 aromatic heterocycles. The summed E-state index contributed by atoms with van der Waals surface area (Å²) in [5.74, 6) is -2.76. The van der Waals surface area contributed by atoms with Gasteiger partial charge in [0.05, 0.1) is 0 Å². The monoisotopic (exact) mass is 514 g/mol. The Morgan fingerprint density at radius 1 is 1.19 bits per heavy atom. The summed E-state index contributed by atoms with van der Waals surface area (Å²) in [6, 6.07) is -3.18. The third kappa shape index (κ3) is 8.43. The molecule has 0 aromatic carbocycles. The van der Waals surface area contributed by atoms with Crippen LogP contribution in [0.15, 0.2) is 0 Å². The van der Waals surface area contributed by atoms with E-state index in [1.807, 2.05) is 0 Å². The molecule has 7 atom stereocenters. The van der Waals surface area contributed by atoms with Crippen LogP contribution in [0.1, 0.15) is 19.8 Å². The number of carbonyl (C=O) groups is 4. The average molecular weight is 513 g/mol. The van der Waals surface area contributed by atoms with Crippen LogP contribution < -0.4 is 22.1 Å². The molecule has 1 rings (SSSR count). The van der Waals surface area contributed by atoms with Gasteiger partial charge < -0.3 is 0 Å². The van der Waals surface area contributed by atoms with Gasteiger partial charge in [0.1, 0.15) is 0 Å². The van der Waals surface area contributed by atoms with Gasteiger partial charge >= 0.3 is 185 Å². The molecule has 1 saturated heterocycles. The van der Waals surface area contributed by atoms with Gasteiger partial charge in [0.15, 0.2) is 0 Å². The number of hydrogen-bond acceptors (Lipinski definition) is 10. The molecule has 0 radical (unpaired) electrons. The Balaban J connectivity index is 2.82. The van der Waals surface area contributed by atoms with Crippen molar-refractivity contribution < 1.29 is 44.3 Å². The number of aliphatic carboxylic acids is 1. The van der Waals surface area contributed by atoms with Crippen molar-refractivity contribution in [3.05, 3.63) is 0 Å². The maximum atomic E-state index is 12.2. The van der Waals surface area contributed by atoms with Crippen LogP contribution in [0.3, 0.4) is 0 Å². The number of carbonyl (C=O) groups excluding carboxylic acids is 3. The molecule has 2 unspecified atom stereocenters. The number of ether oxygens (including phenoxy) is 1. The Morgan fingerprint density at radius 3 is 2.35 bits per heavy atom. The summed E-state index contributed by atoms with van der Waals surface area (Å²) in [6.45, 7) is 0.310. The third-order valence-corrected chi connectivity index (χ3v) is 7.24. The van der Waals surface area contributed by atoms with Crippen molar-refractivity contribution in [2.75, 3.05) is 13.2 Å². The van der Waals surface area contributed by atoms with E-state index in [1.165, 1.54) is 6.92 Å². The average Bonchev–Trinajstić information content (AvgIpc) is 2.72. The number of carboxylic acid groups (broad SMARTS) is 1.